The fourth-order valence-electron chi connectivity index (χ4n) is 14.8. The predicted octanol–water partition coefficient (Wildman–Crippen LogP) is 12.8. The largest absolute Gasteiger partial charge is 0.383 e. The first-order chi connectivity index (χ1) is 54.3. The number of benzene rings is 6. The van der Waals surface area contributed by atoms with E-state index in [1.54, 1.807) is 46.0 Å². The van der Waals surface area contributed by atoms with Crippen LogP contribution in [-0.2, 0) is 33.8 Å². The Labute approximate surface area is 645 Å². The third-order valence-electron chi connectivity index (χ3n) is 20.7. The zero-order valence-electron chi connectivity index (χ0n) is 62.3. The van der Waals surface area contributed by atoms with Gasteiger partial charge in [-0.3, -0.25) is 28.8 Å². The summed E-state index contributed by atoms with van der Waals surface area (Å²) < 4.78 is 33.1. The van der Waals surface area contributed by atoms with Crippen LogP contribution >= 0.6 is 0 Å². The number of hydrogen-bond acceptors (Lipinski definition) is 18. The van der Waals surface area contributed by atoms with Crippen LogP contribution in [0.25, 0.3) is 66.9 Å². The molecule has 0 saturated carbocycles. The molecule has 0 aliphatic carbocycles. The topological polar surface area (TPSA) is 324 Å². The zero-order chi connectivity index (χ0) is 78.7. The molecule has 3 aliphatic rings. The van der Waals surface area contributed by atoms with Gasteiger partial charge in [-0.15, -0.1) is 0 Å². The number of anilines is 3. The highest BCUT2D eigenvalue weighted by Crippen LogP contribution is 2.38. The maximum atomic E-state index is 14.1. The Bertz CT molecular complexity index is 5550. The van der Waals surface area contributed by atoms with E-state index in [-0.39, 0.29) is 59.4 Å². The molecule has 6 N–H and O–H groups in total. The van der Waals surface area contributed by atoms with Crippen LogP contribution in [0.1, 0.15) is 123 Å². The number of fused-ring (bicyclic) bond motifs is 3. The first-order valence-electron chi connectivity index (χ1n) is 37.1. The van der Waals surface area contributed by atoms with Gasteiger partial charge in [0.25, 0.3) is 5.91 Å². The summed E-state index contributed by atoms with van der Waals surface area (Å²) in [5, 5.41) is 16.8. The van der Waals surface area contributed by atoms with Gasteiger partial charge in [-0.05, 0) is 123 Å². The summed E-state index contributed by atoms with van der Waals surface area (Å²) >= 11 is 0. The number of nitrogen functional groups attached to an aromatic ring is 3. The Balaban J connectivity index is 0.000000147. The highest BCUT2D eigenvalue weighted by molar-refractivity contribution is 6.02. The quantitative estimate of drug-likeness (QED) is 0.0471. The molecule has 9 heterocycles. The van der Waals surface area contributed by atoms with E-state index in [2.05, 4.69) is 49.6 Å². The minimum Gasteiger partial charge on any atom is -0.383 e. The molecule has 112 heavy (non-hydrogen) atoms. The number of likely N-dealkylation sites (tertiary alicyclic amines) is 3. The van der Waals surface area contributed by atoms with Crippen molar-refractivity contribution >= 4 is 85.7 Å². The molecular formula is C85H85F2N19O6. The van der Waals surface area contributed by atoms with Crippen LogP contribution in [0.5, 0.6) is 0 Å². The molecule has 0 bridgehead atoms. The first-order valence-corrected chi connectivity index (χ1v) is 37.1. The van der Waals surface area contributed by atoms with Crippen molar-refractivity contribution in [3.63, 3.8) is 0 Å². The van der Waals surface area contributed by atoms with E-state index in [1.807, 2.05) is 118 Å². The first kappa shape index (κ1) is 76.9. The number of aryl methyl sites for hydroxylation is 3. The van der Waals surface area contributed by atoms with Crippen molar-refractivity contribution in [1.29, 1.82) is 0 Å². The van der Waals surface area contributed by atoms with Gasteiger partial charge in [0.15, 0.2) is 28.5 Å². The molecule has 15 rings (SSSR count). The van der Waals surface area contributed by atoms with Gasteiger partial charge in [-0.1, -0.05) is 141 Å². The van der Waals surface area contributed by atoms with Crippen LogP contribution in [0.15, 0.2) is 203 Å². The molecule has 3 saturated heterocycles. The number of halogens is 2. The van der Waals surface area contributed by atoms with E-state index in [0.29, 0.717) is 138 Å². The molecule has 4 amide bonds. The van der Waals surface area contributed by atoms with E-state index in [4.69, 9.17) is 32.5 Å². The molecule has 0 radical (unpaired) electrons. The Kier molecular flexibility index (Phi) is 23.7. The second-order valence-electron chi connectivity index (χ2n) is 28.0. The van der Waals surface area contributed by atoms with Crippen molar-refractivity contribution < 1.29 is 37.5 Å². The Morgan fingerprint density at radius 3 is 1.25 bits per heavy atom. The predicted molar refractivity (Wildman–Crippen MR) is 426 cm³/mol. The number of nitrogens with zero attached hydrogens (tertiary/aromatic N) is 16. The number of nitrogens with two attached hydrogens (primary N) is 3. The molecule has 570 valence electrons. The second kappa shape index (κ2) is 34.5. The molecule has 6 aromatic heterocycles. The number of rotatable bonds is 20. The SMILES string of the molecule is C=CC(=O)N1CCCC(n2nc(-c3ccc(CCC(=O)c4cccc(F)c4)cc3)c3c(N)ncnc32)C1.C=CC(=O)N1CCCC(n2nc(-c3ccc(CCC(=O)c4ccccc4C)cc3)c3c(N)ncnc32)C1.C=CC(=O)N1CCCC(n2nc(-c3ccc(CN(C)C(=O)c4ccccc4F)cc3)c3c(N)ncnc32)C1. The standard InChI is InChI=1S/C29H30N6O2.C28H28FN7O2.C28H27FN6O2/c1-3-25(37)34-16-6-8-22(17-34)35-29-26(28(30)31-18-32-29)27(33-35)21-13-10-20(11-14-21)12-15-24(36)23-9-5-4-7-19(23)2;1-3-23(37)35-14-6-7-20(16-35)36-27-24(26(30)31-17-32-27)25(33-36)19-12-10-18(11-13-19)15-34(2)28(38)21-8-4-5-9-22(21)29;1-2-24(37)34-14-4-7-22(16-34)35-28-25(27(30)31-17-32-28)26(33-35)19-11-8-18(9-12-19)10-13-23(36)20-5-3-6-21(29)15-20/h3-5,7,9-11,13-14,18,22H,1,6,8,12,15-17H2,2H3,(H2,30,31,32);3-5,8-13,17,20H,1,6-7,14-16H2,2H3,(H2,30,31,32);2-3,5-6,8-9,11-12,15,17,22H,1,4,7,10,13-14,16H2,(H2,30,31,32). The summed E-state index contributed by atoms with van der Waals surface area (Å²) in [6, 6.07) is 42.7. The lowest BCUT2D eigenvalue weighted by Gasteiger charge is -2.32. The molecule has 27 heteroatoms. The Morgan fingerprint density at radius 1 is 0.473 bits per heavy atom. The third-order valence-corrected chi connectivity index (χ3v) is 20.7. The van der Waals surface area contributed by atoms with Crippen LogP contribution in [0.2, 0.25) is 0 Å². The second-order valence-corrected chi connectivity index (χ2v) is 28.0. The number of amides is 4. The summed E-state index contributed by atoms with van der Waals surface area (Å²) in [5.74, 6) is -0.551. The van der Waals surface area contributed by atoms with Crippen LogP contribution in [-0.4, -0.2) is 160 Å². The van der Waals surface area contributed by atoms with Crippen LogP contribution < -0.4 is 17.2 Å². The molecule has 0 spiro atoms. The minimum absolute atomic E-state index is 0.0186. The maximum Gasteiger partial charge on any atom is 0.256 e. The molecule has 3 fully saturated rings. The fourth-order valence-corrected chi connectivity index (χ4v) is 14.8. The lowest BCUT2D eigenvalue weighted by atomic mass is 9.98. The van der Waals surface area contributed by atoms with E-state index in [0.717, 1.165) is 83.0 Å². The summed E-state index contributed by atoms with van der Waals surface area (Å²) in [7, 11) is 1.64. The van der Waals surface area contributed by atoms with Crippen LogP contribution in [0.4, 0.5) is 26.2 Å². The van der Waals surface area contributed by atoms with Crippen LogP contribution in [0.3, 0.4) is 0 Å². The Morgan fingerprint density at radius 2 is 0.857 bits per heavy atom. The average molecular weight is 1510 g/mol. The lowest BCUT2D eigenvalue weighted by Crippen LogP contribution is -2.40. The van der Waals surface area contributed by atoms with Crippen molar-refractivity contribution in [2.24, 2.45) is 0 Å². The normalized spacial score (nSPS) is 15.5. The van der Waals surface area contributed by atoms with Gasteiger partial charge in [0.05, 0.1) is 39.8 Å². The highest BCUT2D eigenvalue weighted by Gasteiger charge is 2.32. The number of ketones is 2. The van der Waals surface area contributed by atoms with Crippen molar-refractivity contribution in [1.82, 2.24) is 78.8 Å². The monoisotopic (exact) mass is 1510 g/mol. The third kappa shape index (κ3) is 16.9. The summed E-state index contributed by atoms with van der Waals surface area (Å²) in [4.78, 5) is 107. The van der Waals surface area contributed by atoms with E-state index in [1.165, 1.54) is 66.4 Å². The van der Waals surface area contributed by atoms with E-state index >= 15 is 0 Å². The van der Waals surface area contributed by atoms with Crippen molar-refractivity contribution in [2.75, 3.05) is 63.5 Å². The molecule has 3 unspecified atom stereocenters. The van der Waals surface area contributed by atoms with Gasteiger partial charge in [0, 0.05) is 93.5 Å². The minimum atomic E-state index is -0.545. The van der Waals surface area contributed by atoms with Gasteiger partial charge < -0.3 is 36.8 Å². The lowest BCUT2D eigenvalue weighted by molar-refractivity contribution is -0.128. The zero-order valence-corrected chi connectivity index (χ0v) is 62.3. The molecule has 6 aromatic carbocycles. The molecule has 3 atom stereocenters. The van der Waals surface area contributed by atoms with Gasteiger partial charge in [-0.25, -0.2) is 52.7 Å². The number of hydrogen-bond donors (Lipinski definition) is 3. The summed E-state index contributed by atoms with van der Waals surface area (Å²) in [6.45, 7) is 16.7. The average Bonchev–Trinajstić information content (AvgIpc) is 1.62. The number of carbonyl (C=O) groups excluding carboxylic acids is 6. The molecule has 12 aromatic rings. The summed E-state index contributed by atoms with van der Waals surface area (Å²) in [6.07, 6.45) is 15.4. The molecule has 25 nitrogen and oxygen atoms in total. The van der Waals surface area contributed by atoms with Crippen molar-refractivity contribution in [3.05, 3.63) is 253 Å². The Hall–Kier alpha value is -13.3. The fraction of sp³-hybridized carbons (Fsp3) is 0.259. The van der Waals surface area contributed by atoms with Gasteiger partial charge in [-0.2, -0.15) is 15.3 Å². The molecular weight excluding hydrogens is 1420 g/mol. The number of carbonyl (C=O) groups is 6. The van der Waals surface area contributed by atoms with Crippen molar-refractivity contribution in [2.45, 2.75) is 95.8 Å². The number of piperidine rings is 3. The van der Waals surface area contributed by atoms with E-state index < -0.39 is 17.5 Å². The highest BCUT2D eigenvalue weighted by atomic mass is 19.1. The number of Topliss-reactive ketones (excluding diaryl/α,β-unsaturated/α-hetero) is 2. The summed E-state index contributed by atoms with van der Waals surface area (Å²) in [5.41, 5.74) is 30.4. The van der Waals surface area contributed by atoms with Crippen LogP contribution in [0, 0.1) is 18.6 Å². The van der Waals surface area contributed by atoms with E-state index in [9.17, 15) is 37.5 Å². The van der Waals surface area contributed by atoms with Gasteiger partial charge in [0.2, 0.25) is 17.7 Å². The molecule has 3 aliphatic heterocycles. The van der Waals surface area contributed by atoms with Gasteiger partial charge >= 0.3 is 0 Å². The van der Waals surface area contributed by atoms with Gasteiger partial charge in [0.1, 0.15) is 65.2 Å². The smallest absolute Gasteiger partial charge is 0.256 e. The maximum absolute atomic E-state index is 14.1. The number of aromatic nitrogens is 12. The van der Waals surface area contributed by atoms with Crippen molar-refractivity contribution in [3.8, 4) is 33.8 Å².